The fourth-order valence-corrected chi connectivity index (χ4v) is 2.19. The lowest BCUT2D eigenvalue weighted by Gasteiger charge is -2.30. The highest BCUT2D eigenvalue weighted by Crippen LogP contribution is 2.27. The van der Waals surface area contributed by atoms with E-state index < -0.39 is 0 Å². The molecule has 0 saturated heterocycles. The van der Waals surface area contributed by atoms with Crippen LogP contribution in [0.5, 0.6) is 0 Å². The molecule has 3 heteroatoms. The smallest absolute Gasteiger partial charge is 0.223 e. The summed E-state index contributed by atoms with van der Waals surface area (Å²) in [4.78, 5) is 11.5. The first-order chi connectivity index (χ1) is 6.13. The summed E-state index contributed by atoms with van der Waals surface area (Å²) in [5, 5.41) is 2.86. The van der Waals surface area contributed by atoms with Crippen molar-refractivity contribution in [3.05, 3.63) is 0 Å². The van der Waals surface area contributed by atoms with Crippen molar-refractivity contribution in [2.24, 2.45) is 17.6 Å². The van der Waals surface area contributed by atoms with E-state index in [4.69, 9.17) is 5.73 Å². The Morgan fingerprint density at radius 1 is 1.46 bits per heavy atom. The third-order valence-corrected chi connectivity index (χ3v) is 2.70. The number of nitrogens with one attached hydrogen (secondary N) is 1. The number of rotatable bonds is 2. The van der Waals surface area contributed by atoms with Crippen LogP contribution in [0.1, 0.15) is 33.1 Å². The number of nitrogens with two attached hydrogens (primary N) is 1. The zero-order valence-corrected chi connectivity index (χ0v) is 8.55. The van der Waals surface area contributed by atoms with Crippen LogP contribution in [0.25, 0.3) is 0 Å². The first-order valence-electron chi connectivity index (χ1n) is 5.16. The summed E-state index contributed by atoms with van der Waals surface area (Å²) in [7, 11) is 0. The van der Waals surface area contributed by atoms with Gasteiger partial charge in [-0.2, -0.15) is 0 Å². The Morgan fingerprint density at radius 2 is 2.15 bits per heavy atom. The topological polar surface area (TPSA) is 55.1 Å². The molecule has 0 aromatic carbocycles. The molecule has 0 aliphatic heterocycles. The summed E-state index contributed by atoms with van der Waals surface area (Å²) >= 11 is 0. The maximum Gasteiger partial charge on any atom is 0.223 e. The average molecular weight is 184 g/mol. The van der Waals surface area contributed by atoms with Gasteiger partial charge in [-0.05, 0) is 32.1 Å². The SMILES string of the molecule is CCNC(=O)C1CC(C)CC(N)C1. The van der Waals surface area contributed by atoms with E-state index in [0.29, 0.717) is 5.92 Å². The Morgan fingerprint density at radius 3 is 2.69 bits per heavy atom. The number of amides is 1. The Kier molecular flexibility index (Phi) is 3.72. The number of hydrogen-bond acceptors (Lipinski definition) is 2. The van der Waals surface area contributed by atoms with E-state index in [1.54, 1.807) is 0 Å². The molecule has 0 aromatic rings. The maximum absolute atomic E-state index is 11.5. The number of carbonyl (C=O) groups is 1. The molecule has 1 saturated carbocycles. The Hall–Kier alpha value is -0.570. The summed E-state index contributed by atoms with van der Waals surface area (Å²) in [5.41, 5.74) is 5.87. The first kappa shape index (κ1) is 10.5. The minimum Gasteiger partial charge on any atom is -0.356 e. The molecular formula is C10H20N2O. The van der Waals surface area contributed by atoms with Gasteiger partial charge in [-0.25, -0.2) is 0 Å². The van der Waals surface area contributed by atoms with Gasteiger partial charge in [-0.3, -0.25) is 4.79 Å². The highest BCUT2D eigenvalue weighted by molar-refractivity contribution is 5.78. The highest BCUT2D eigenvalue weighted by Gasteiger charge is 2.28. The quantitative estimate of drug-likeness (QED) is 0.669. The summed E-state index contributed by atoms with van der Waals surface area (Å²) in [6.07, 6.45) is 2.92. The molecule has 0 aromatic heterocycles. The minimum absolute atomic E-state index is 0.152. The summed E-state index contributed by atoms with van der Waals surface area (Å²) in [6.45, 7) is 4.84. The fraction of sp³-hybridized carbons (Fsp3) is 0.900. The monoisotopic (exact) mass is 184 g/mol. The summed E-state index contributed by atoms with van der Waals surface area (Å²) < 4.78 is 0. The van der Waals surface area contributed by atoms with Crippen LogP contribution in [0.4, 0.5) is 0 Å². The van der Waals surface area contributed by atoms with Gasteiger partial charge in [0.15, 0.2) is 0 Å². The van der Waals surface area contributed by atoms with Gasteiger partial charge >= 0.3 is 0 Å². The van der Waals surface area contributed by atoms with Crippen molar-refractivity contribution < 1.29 is 4.79 Å². The van der Waals surface area contributed by atoms with Crippen molar-refractivity contribution >= 4 is 5.91 Å². The molecule has 1 aliphatic carbocycles. The van der Waals surface area contributed by atoms with Crippen LogP contribution in [-0.2, 0) is 4.79 Å². The van der Waals surface area contributed by atoms with Gasteiger partial charge in [-0.15, -0.1) is 0 Å². The van der Waals surface area contributed by atoms with E-state index in [1.807, 2.05) is 6.92 Å². The second-order valence-electron chi connectivity index (χ2n) is 4.16. The van der Waals surface area contributed by atoms with Crippen molar-refractivity contribution in [3.8, 4) is 0 Å². The van der Waals surface area contributed by atoms with Crippen LogP contribution >= 0.6 is 0 Å². The average Bonchev–Trinajstić information content (AvgIpc) is 2.03. The molecule has 3 atom stereocenters. The van der Waals surface area contributed by atoms with E-state index >= 15 is 0 Å². The van der Waals surface area contributed by atoms with Crippen molar-refractivity contribution in [3.63, 3.8) is 0 Å². The molecule has 3 unspecified atom stereocenters. The molecule has 0 bridgehead atoms. The standard InChI is InChI=1S/C10H20N2O/c1-3-12-10(13)8-4-7(2)5-9(11)6-8/h7-9H,3-6,11H2,1-2H3,(H,12,13). The van der Waals surface area contributed by atoms with Gasteiger partial charge in [0.1, 0.15) is 0 Å². The molecule has 1 rings (SSSR count). The normalized spacial score (nSPS) is 34.2. The van der Waals surface area contributed by atoms with Crippen LogP contribution in [0.3, 0.4) is 0 Å². The van der Waals surface area contributed by atoms with Crippen LogP contribution in [0.2, 0.25) is 0 Å². The molecule has 13 heavy (non-hydrogen) atoms. The van der Waals surface area contributed by atoms with Crippen LogP contribution in [0.15, 0.2) is 0 Å². The second-order valence-corrected chi connectivity index (χ2v) is 4.16. The summed E-state index contributed by atoms with van der Waals surface area (Å²) in [6, 6.07) is 0.219. The Balaban J connectivity index is 2.45. The molecule has 76 valence electrons. The molecule has 1 amide bonds. The second kappa shape index (κ2) is 4.61. The molecule has 0 radical (unpaired) electrons. The highest BCUT2D eigenvalue weighted by atomic mass is 16.1. The van der Waals surface area contributed by atoms with Crippen molar-refractivity contribution in [2.75, 3.05) is 6.54 Å². The molecule has 1 fully saturated rings. The van der Waals surface area contributed by atoms with Crippen LogP contribution in [0, 0.1) is 11.8 Å². The van der Waals surface area contributed by atoms with Gasteiger partial charge < -0.3 is 11.1 Å². The van der Waals surface area contributed by atoms with Gasteiger partial charge in [0.05, 0.1) is 0 Å². The lowest BCUT2D eigenvalue weighted by Crippen LogP contribution is -2.40. The van der Waals surface area contributed by atoms with Crippen molar-refractivity contribution in [1.82, 2.24) is 5.32 Å². The molecule has 0 spiro atoms. The molecular weight excluding hydrogens is 164 g/mol. The van der Waals surface area contributed by atoms with E-state index in [9.17, 15) is 4.79 Å². The van der Waals surface area contributed by atoms with Gasteiger partial charge in [-0.1, -0.05) is 6.92 Å². The zero-order valence-electron chi connectivity index (χ0n) is 8.55. The van der Waals surface area contributed by atoms with Crippen molar-refractivity contribution in [2.45, 2.75) is 39.2 Å². The van der Waals surface area contributed by atoms with E-state index in [2.05, 4.69) is 12.2 Å². The fourth-order valence-electron chi connectivity index (χ4n) is 2.19. The van der Waals surface area contributed by atoms with Gasteiger partial charge in [0, 0.05) is 18.5 Å². The van der Waals surface area contributed by atoms with E-state index in [1.165, 1.54) is 0 Å². The molecule has 1 aliphatic rings. The largest absolute Gasteiger partial charge is 0.356 e. The molecule has 3 N–H and O–H groups in total. The zero-order chi connectivity index (χ0) is 9.84. The summed E-state index contributed by atoms with van der Waals surface area (Å²) in [5.74, 6) is 0.930. The van der Waals surface area contributed by atoms with Crippen LogP contribution < -0.4 is 11.1 Å². The first-order valence-corrected chi connectivity index (χ1v) is 5.16. The third kappa shape index (κ3) is 2.99. The lowest BCUT2D eigenvalue weighted by molar-refractivity contribution is -0.126. The van der Waals surface area contributed by atoms with E-state index in [-0.39, 0.29) is 17.9 Å². The molecule has 0 heterocycles. The lowest BCUT2D eigenvalue weighted by atomic mass is 9.79. The van der Waals surface area contributed by atoms with Gasteiger partial charge in [0.25, 0.3) is 0 Å². The van der Waals surface area contributed by atoms with E-state index in [0.717, 1.165) is 25.8 Å². The maximum atomic E-state index is 11.5. The van der Waals surface area contributed by atoms with Crippen molar-refractivity contribution in [1.29, 1.82) is 0 Å². The Bertz CT molecular complexity index is 172. The minimum atomic E-state index is 0.152. The predicted octanol–water partition coefficient (Wildman–Crippen LogP) is 0.886. The number of carbonyl (C=O) groups excluding carboxylic acids is 1. The predicted molar refractivity (Wildman–Crippen MR) is 53.2 cm³/mol. The van der Waals surface area contributed by atoms with Crippen LogP contribution in [-0.4, -0.2) is 18.5 Å². The van der Waals surface area contributed by atoms with Gasteiger partial charge in [0.2, 0.25) is 5.91 Å². The third-order valence-electron chi connectivity index (χ3n) is 2.70. The Labute approximate surface area is 80.1 Å². The molecule has 3 nitrogen and oxygen atoms in total. The number of hydrogen-bond donors (Lipinski definition) is 2.